The second kappa shape index (κ2) is 5.91. The Morgan fingerprint density at radius 3 is 2.61 bits per heavy atom. The summed E-state index contributed by atoms with van der Waals surface area (Å²) in [5, 5.41) is 3.50. The maximum Gasteiger partial charge on any atom is 0.244 e. The second-order valence-corrected chi connectivity index (χ2v) is 5.21. The molecule has 0 heterocycles. The number of rotatable bonds is 2. The van der Waals surface area contributed by atoms with E-state index in [9.17, 15) is 4.79 Å². The van der Waals surface area contributed by atoms with Crippen molar-refractivity contribution in [2.75, 3.05) is 5.32 Å². The van der Waals surface area contributed by atoms with E-state index in [0.717, 1.165) is 36.9 Å². The maximum atomic E-state index is 12.1. The Bertz CT molecular complexity index is 443. The van der Waals surface area contributed by atoms with Gasteiger partial charge in [-0.05, 0) is 37.5 Å². The largest absolute Gasteiger partial charge is 0.324 e. The first-order valence-electron chi connectivity index (χ1n) is 5.88. The van der Waals surface area contributed by atoms with E-state index in [0.29, 0.717) is 5.02 Å². The predicted molar refractivity (Wildman–Crippen MR) is 77.5 cm³/mol. The van der Waals surface area contributed by atoms with Crippen LogP contribution in [0.2, 0.25) is 5.02 Å². The molecule has 5 heteroatoms. The smallest absolute Gasteiger partial charge is 0.244 e. The van der Waals surface area contributed by atoms with E-state index in [1.165, 1.54) is 0 Å². The summed E-state index contributed by atoms with van der Waals surface area (Å²) in [7, 11) is 0. The molecule has 0 spiro atoms. The minimum atomic E-state index is -0.700. The van der Waals surface area contributed by atoms with Gasteiger partial charge in [-0.3, -0.25) is 4.79 Å². The zero-order chi connectivity index (χ0) is 12.5. The Morgan fingerprint density at radius 1 is 1.39 bits per heavy atom. The monoisotopic (exact) mass is 288 g/mol. The second-order valence-electron chi connectivity index (χ2n) is 4.78. The van der Waals surface area contributed by atoms with Crippen molar-refractivity contribution in [3.63, 3.8) is 0 Å². The fourth-order valence-electron chi connectivity index (χ4n) is 2.21. The first-order valence-corrected chi connectivity index (χ1v) is 6.25. The highest BCUT2D eigenvalue weighted by atomic mass is 35.5. The molecule has 1 aliphatic carbocycles. The van der Waals surface area contributed by atoms with Crippen LogP contribution in [-0.4, -0.2) is 11.4 Å². The fourth-order valence-corrected chi connectivity index (χ4v) is 2.38. The van der Waals surface area contributed by atoms with Crippen LogP contribution in [-0.2, 0) is 4.79 Å². The average molecular weight is 289 g/mol. The van der Waals surface area contributed by atoms with Crippen LogP contribution < -0.4 is 11.1 Å². The Hall–Kier alpha value is -0.770. The highest BCUT2D eigenvalue weighted by molar-refractivity contribution is 6.31. The van der Waals surface area contributed by atoms with Gasteiger partial charge in [-0.1, -0.05) is 30.5 Å². The number of carbonyl (C=O) groups excluding carboxylic acids is 1. The van der Waals surface area contributed by atoms with Gasteiger partial charge in [-0.2, -0.15) is 0 Å². The molecule has 0 unspecified atom stereocenters. The van der Waals surface area contributed by atoms with Crippen LogP contribution in [0, 0.1) is 6.92 Å². The molecular weight excluding hydrogens is 271 g/mol. The molecule has 0 saturated heterocycles. The van der Waals surface area contributed by atoms with E-state index in [1.54, 1.807) is 12.1 Å². The topological polar surface area (TPSA) is 55.1 Å². The molecule has 0 aliphatic heterocycles. The lowest BCUT2D eigenvalue weighted by Gasteiger charge is -2.22. The van der Waals surface area contributed by atoms with Crippen LogP contribution >= 0.6 is 24.0 Å². The van der Waals surface area contributed by atoms with Crippen molar-refractivity contribution in [1.82, 2.24) is 0 Å². The number of carbonyl (C=O) groups is 1. The molecule has 0 atom stereocenters. The van der Waals surface area contributed by atoms with Gasteiger partial charge in [0.15, 0.2) is 0 Å². The van der Waals surface area contributed by atoms with E-state index in [2.05, 4.69) is 5.32 Å². The Kier molecular flexibility index (Phi) is 5.02. The third-order valence-electron chi connectivity index (χ3n) is 3.40. The molecule has 3 N–H and O–H groups in total. The van der Waals surface area contributed by atoms with Crippen LogP contribution in [0.15, 0.2) is 18.2 Å². The summed E-state index contributed by atoms with van der Waals surface area (Å²) in [6.07, 6.45) is 3.58. The molecule has 1 saturated carbocycles. The number of hydrogen-bond acceptors (Lipinski definition) is 2. The van der Waals surface area contributed by atoms with Crippen molar-refractivity contribution in [3.05, 3.63) is 28.8 Å². The summed E-state index contributed by atoms with van der Waals surface area (Å²) >= 11 is 5.91. The molecule has 2 rings (SSSR count). The molecular formula is C13H18Cl2N2O. The lowest BCUT2D eigenvalue weighted by Crippen LogP contribution is -2.48. The first-order chi connectivity index (χ1) is 8.01. The van der Waals surface area contributed by atoms with Gasteiger partial charge in [0.25, 0.3) is 0 Å². The van der Waals surface area contributed by atoms with Gasteiger partial charge < -0.3 is 11.1 Å². The first kappa shape index (κ1) is 15.3. The van der Waals surface area contributed by atoms with Crippen molar-refractivity contribution < 1.29 is 4.79 Å². The lowest BCUT2D eigenvalue weighted by atomic mass is 9.98. The number of hydrogen-bond donors (Lipinski definition) is 2. The highest BCUT2D eigenvalue weighted by Crippen LogP contribution is 2.29. The highest BCUT2D eigenvalue weighted by Gasteiger charge is 2.37. The third-order valence-corrected chi connectivity index (χ3v) is 3.63. The van der Waals surface area contributed by atoms with E-state index in [1.807, 2.05) is 13.0 Å². The molecule has 1 aromatic rings. The molecule has 1 aliphatic rings. The van der Waals surface area contributed by atoms with Crippen LogP contribution in [0.25, 0.3) is 0 Å². The molecule has 100 valence electrons. The zero-order valence-corrected chi connectivity index (χ0v) is 11.9. The van der Waals surface area contributed by atoms with E-state index < -0.39 is 5.54 Å². The molecule has 1 fully saturated rings. The standard InChI is InChI=1S/C13H17ClN2O.ClH/c1-9-4-5-10(14)8-11(9)16-12(17)13(15)6-2-3-7-13;/h4-5,8H,2-3,6-7,15H2,1H3,(H,16,17);1H. The van der Waals surface area contributed by atoms with Gasteiger partial charge in [0.1, 0.15) is 0 Å². The maximum absolute atomic E-state index is 12.1. The number of amides is 1. The number of anilines is 1. The number of aryl methyl sites for hydroxylation is 1. The van der Waals surface area contributed by atoms with Crippen molar-refractivity contribution in [1.29, 1.82) is 0 Å². The van der Waals surface area contributed by atoms with Gasteiger partial charge >= 0.3 is 0 Å². The van der Waals surface area contributed by atoms with Crippen molar-refractivity contribution in [3.8, 4) is 0 Å². The quantitative estimate of drug-likeness (QED) is 0.877. The van der Waals surface area contributed by atoms with Gasteiger partial charge in [0.2, 0.25) is 5.91 Å². The van der Waals surface area contributed by atoms with Crippen molar-refractivity contribution >= 4 is 35.6 Å². The molecule has 0 bridgehead atoms. The van der Waals surface area contributed by atoms with Crippen LogP contribution in [0.5, 0.6) is 0 Å². The van der Waals surface area contributed by atoms with E-state index in [-0.39, 0.29) is 18.3 Å². The summed E-state index contributed by atoms with van der Waals surface area (Å²) in [6.45, 7) is 1.93. The van der Waals surface area contributed by atoms with E-state index >= 15 is 0 Å². The molecule has 18 heavy (non-hydrogen) atoms. The molecule has 0 aromatic heterocycles. The number of nitrogens with one attached hydrogen (secondary N) is 1. The Morgan fingerprint density at radius 2 is 2.00 bits per heavy atom. The van der Waals surface area contributed by atoms with Crippen LogP contribution in [0.3, 0.4) is 0 Å². The minimum Gasteiger partial charge on any atom is -0.324 e. The van der Waals surface area contributed by atoms with Gasteiger partial charge in [0.05, 0.1) is 5.54 Å². The summed E-state index contributed by atoms with van der Waals surface area (Å²) in [4.78, 5) is 12.1. The number of nitrogens with two attached hydrogens (primary N) is 1. The van der Waals surface area contributed by atoms with Crippen molar-refractivity contribution in [2.45, 2.75) is 38.1 Å². The Balaban J connectivity index is 0.00000162. The lowest BCUT2D eigenvalue weighted by molar-refractivity contribution is -0.121. The summed E-state index contributed by atoms with van der Waals surface area (Å²) in [6, 6.07) is 5.45. The third kappa shape index (κ3) is 3.16. The van der Waals surface area contributed by atoms with Crippen LogP contribution in [0.1, 0.15) is 31.2 Å². The van der Waals surface area contributed by atoms with Crippen LogP contribution in [0.4, 0.5) is 5.69 Å². The minimum absolute atomic E-state index is 0. The Labute approximate surface area is 118 Å². The number of benzene rings is 1. The molecule has 3 nitrogen and oxygen atoms in total. The predicted octanol–water partition coefficient (Wildman–Crippen LogP) is 3.28. The van der Waals surface area contributed by atoms with Crippen molar-refractivity contribution in [2.24, 2.45) is 5.73 Å². The molecule has 1 aromatic carbocycles. The van der Waals surface area contributed by atoms with E-state index in [4.69, 9.17) is 17.3 Å². The molecule has 1 amide bonds. The average Bonchev–Trinajstić information content (AvgIpc) is 2.72. The van der Waals surface area contributed by atoms with Gasteiger partial charge in [-0.25, -0.2) is 0 Å². The summed E-state index contributed by atoms with van der Waals surface area (Å²) in [5.41, 5.74) is 7.13. The summed E-state index contributed by atoms with van der Waals surface area (Å²) in [5.74, 6) is -0.0969. The normalized spacial score (nSPS) is 17.1. The van der Waals surface area contributed by atoms with Gasteiger partial charge in [0, 0.05) is 10.7 Å². The fraction of sp³-hybridized carbons (Fsp3) is 0.462. The number of halogens is 2. The van der Waals surface area contributed by atoms with Gasteiger partial charge in [-0.15, -0.1) is 12.4 Å². The summed E-state index contributed by atoms with van der Waals surface area (Å²) < 4.78 is 0. The molecule has 0 radical (unpaired) electrons. The SMILES string of the molecule is Cc1ccc(Cl)cc1NC(=O)C1(N)CCCC1.Cl. The zero-order valence-electron chi connectivity index (χ0n) is 10.3.